The maximum atomic E-state index is 12.5. The molecule has 6 heteroatoms. The quantitative estimate of drug-likeness (QED) is 0.898. The Labute approximate surface area is 118 Å². The highest BCUT2D eigenvalue weighted by Gasteiger charge is 2.31. The van der Waals surface area contributed by atoms with Gasteiger partial charge >= 0.3 is 6.18 Å². The van der Waals surface area contributed by atoms with Crippen molar-refractivity contribution in [1.82, 2.24) is 0 Å². The summed E-state index contributed by atoms with van der Waals surface area (Å²) in [6.07, 6.45) is -4.43. The molecule has 0 aliphatic rings. The second kappa shape index (κ2) is 5.73. The lowest BCUT2D eigenvalue weighted by Crippen LogP contribution is -2.04. The van der Waals surface area contributed by atoms with Crippen LogP contribution in [-0.2, 0) is 12.7 Å². The summed E-state index contributed by atoms with van der Waals surface area (Å²) in [7, 11) is 0. The van der Waals surface area contributed by atoms with Gasteiger partial charge in [-0.05, 0) is 24.3 Å². The lowest BCUT2D eigenvalue weighted by atomic mass is 10.2. The number of rotatable bonds is 3. The first-order chi connectivity index (χ1) is 9.41. The fourth-order valence-corrected chi connectivity index (χ4v) is 1.87. The molecule has 0 heterocycles. The van der Waals surface area contributed by atoms with Crippen molar-refractivity contribution in [3.05, 3.63) is 58.6 Å². The third kappa shape index (κ3) is 3.23. The van der Waals surface area contributed by atoms with Gasteiger partial charge in [-0.3, -0.25) is 0 Å². The van der Waals surface area contributed by atoms with Crippen molar-refractivity contribution >= 4 is 11.6 Å². The number of halogens is 4. The lowest BCUT2D eigenvalue weighted by molar-refractivity contribution is -0.137. The SMILES string of the molecule is NCc1ccccc1Oc1ccc(C(F)(F)F)cc1Cl. The Balaban J connectivity index is 2.31. The van der Waals surface area contributed by atoms with Crippen LogP contribution in [0.2, 0.25) is 5.02 Å². The molecule has 0 unspecified atom stereocenters. The highest BCUT2D eigenvalue weighted by Crippen LogP contribution is 2.36. The van der Waals surface area contributed by atoms with Gasteiger partial charge in [0.2, 0.25) is 0 Å². The summed E-state index contributed by atoms with van der Waals surface area (Å²) in [4.78, 5) is 0. The average molecular weight is 302 g/mol. The van der Waals surface area contributed by atoms with E-state index in [4.69, 9.17) is 22.1 Å². The number of benzene rings is 2. The molecule has 0 bridgehead atoms. The number of hydrogen-bond acceptors (Lipinski definition) is 2. The topological polar surface area (TPSA) is 35.2 Å². The zero-order valence-electron chi connectivity index (χ0n) is 10.2. The van der Waals surface area contributed by atoms with Gasteiger partial charge in [0, 0.05) is 12.1 Å². The Hall–Kier alpha value is -1.72. The molecule has 20 heavy (non-hydrogen) atoms. The average Bonchev–Trinajstić information content (AvgIpc) is 2.40. The second-order valence-corrected chi connectivity index (χ2v) is 4.46. The molecule has 2 aromatic carbocycles. The predicted molar refractivity (Wildman–Crippen MR) is 70.9 cm³/mol. The maximum absolute atomic E-state index is 12.5. The molecule has 0 spiro atoms. The van der Waals surface area contributed by atoms with Gasteiger partial charge in [-0.1, -0.05) is 29.8 Å². The van der Waals surface area contributed by atoms with Gasteiger partial charge in [0.25, 0.3) is 0 Å². The van der Waals surface area contributed by atoms with E-state index >= 15 is 0 Å². The second-order valence-electron chi connectivity index (χ2n) is 4.06. The van der Waals surface area contributed by atoms with Crippen molar-refractivity contribution < 1.29 is 17.9 Å². The molecule has 106 valence electrons. The van der Waals surface area contributed by atoms with Crippen molar-refractivity contribution in [2.75, 3.05) is 0 Å². The predicted octanol–water partition coefficient (Wildman–Crippen LogP) is 4.61. The van der Waals surface area contributed by atoms with E-state index in [0.717, 1.165) is 17.7 Å². The van der Waals surface area contributed by atoms with Crippen LogP contribution in [0.25, 0.3) is 0 Å². The van der Waals surface area contributed by atoms with Crippen LogP contribution in [0, 0.1) is 0 Å². The monoisotopic (exact) mass is 301 g/mol. The molecule has 2 aromatic rings. The fourth-order valence-electron chi connectivity index (χ4n) is 1.65. The van der Waals surface area contributed by atoms with Gasteiger partial charge < -0.3 is 10.5 Å². The summed E-state index contributed by atoms with van der Waals surface area (Å²) < 4.78 is 43.1. The molecule has 2 N–H and O–H groups in total. The van der Waals surface area contributed by atoms with Gasteiger partial charge in [-0.2, -0.15) is 13.2 Å². The van der Waals surface area contributed by atoms with E-state index in [-0.39, 0.29) is 17.3 Å². The van der Waals surface area contributed by atoms with Crippen molar-refractivity contribution in [2.45, 2.75) is 12.7 Å². The molecule has 0 atom stereocenters. The first kappa shape index (κ1) is 14.7. The largest absolute Gasteiger partial charge is 0.455 e. The van der Waals surface area contributed by atoms with Crippen LogP contribution in [0.5, 0.6) is 11.5 Å². The van der Waals surface area contributed by atoms with Crippen LogP contribution >= 0.6 is 11.6 Å². The molecule has 0 aliphatic heterocycles. The normalized spacial score (nSPS) is 11.4. The lowest BCUT2D eigenvalue weighted by Gasteiger charge is -2.13. The van der Waals surface area contributed by atoms with Crippen LogP contribution < -0.4 is 10.5 Å². The molecule has 0 aliphatic carbocycles. The molecule has 0 fully saturated rings. The molecule has 0 saturated carbocycles. The molecule has 2 rings (SSSR count). The van der Waals surface area contributed by atoms with Gasteiger partial charge in [0.05, 0.1) is 10.6 Å². The van der Waals surface area contributed by atoms with Gasteiger partial charge in [0.15, 0.2) is 0 Å². The minimum atomic E-state index is -4.43. The first-order valence-electron chi connectivity index (χ1n) is 5.74. The Kier molecular flexibility index (Phi) is 4.20. The smallest absolute Gasteiger partial charge is 0.416 e. The molecule has 0 amide bonds. The van der Waals surface area contributed by atoms with E-state index in [1.165, 1.54) is 6.07 Å². The minimum Gasteiger partial charge on any atom is -0.455 e. The third-order valence-electron chi connectivity index (χ3n) is 2.67. The number of alkyl halides is 3. The van der Waals surface area contributed by atoms with Crippen LogP contribution in [0.3, 0.4) is 0 Å². The van der Waals surface area contributed by atoms with Gasteiger partial charge in [-0.25, -0.2) is 0 Å². The number of hydrogen-bond donors (Lipinski definition) is 1. The Bertz CT molecular complexity index is 614. The van der Waals surface area contributed by atoms with Crippen molar-refractivity contribution in [3.63, 3.8) is 0 Å². The van der Waals surface area contributed by atoms with E-state index in [0.29, 0.717) is 5.75 Å². The fraction of sp³-hybridized carbons (Fsp3) is 0.143. The summed E-state index contributed by atoms with van der Waals surface area (Å²) in [5.41, 5.74) is 5.48. The van der Waals surface area contributed by atoms with E-state index in [1.807, 2.05) is 0 Å². The summed E-state index contributed by atoms with van der Waals surface area (Å²) in [5.74, 6) is 0.622. The molecular formula is C14H11ClF3NO. The van der Waals surface area contributed by atoms with E-state index < -0.39 is 11.7 Å². The highest BCUT2D eigenvalue weighted by atomic mass is 35.5. The van der Waals surface area contributed by atoms with Crippen LogP contribution in [0.4, 0.5) is 13.2 Å². The molecule has 0 aromatic heterocycles. The minimum absolute atomic E-state index is 0.105. The number of nitrogens with two attached hydrogens (primary N) is 1. The van der Waals surface area contributed by atoms with Crippen molar-refractivity contribution in [3.8, 4) is 11.5 Å². The van der Waals surface area contributed by atoms with Crippen LogP contribution in [0.1, 0.15) is 11.1 Å². The molecular weight excluding hydrogens is 291 g/mol. The van der Waals surface area contributed by atoms with Crippen LogP contribution in [-0.4, -0.2) is 0 Å². The maximum Gasteiger partial charge on any atom is 0.416 e. The molecule has 2 nitrogen and oxygen atoms in total. The van der Waals surface area contributed by atoms with E-state index in [2.05, 4.69) is 0 Å². The van der Waals surface area contributed by atoms with Gasteiger partial charge in [0.1, 0.15) is 11.5 Å². The Morgan fingerprint density at radius 2 is 1.75 bits per heavy atom. The summed E-state index contributed by atoms with van der Waals surface area (Å²) in [6.45, 7) is 0.258. The van der Waals surface area contributed by atoms with E-state index in [1.54, 1.807) is 24.3 Å². The third-order valence-corrected chi connectivity index (χ3v) is 2.97. The Morgan fingerprint density at radius 3 is 2.35 bits per heavy atom. The Morgan fingerprint density at radius 1 is 1.05 bits per heavy atom. The zero-order chi connectivity index (χ0) is 14.8. The first-order valence-corrected chi connectivity index (χ1v) is 6.12. The van der Waals surface area contributed by atoms with Gasteiger partial charge in [-0.15, -0.1) is 0 Å². The number of para-hydroxylation sites is 1. The van der Waals surface area contributed by atoms with E-state index in [9.17, 15) is 13.2 Å². The standard InChI is InChI=1S/C14H11ClF3NO/c15-11-7-10(14(16,17)18)5-6-13(11)20-12-4-2-1-3-9(12)8-19/h1-7H,8,19H2. The summed E-state index contributed by atoms with van der Waals surface area (Å²) in [5, 5.41) is -0.105. The van der Waals surface area contributed by atoms with Crippen LogP contribution in [0.15, 0.2) is 42.5 Å². The summed E-state index contributed by atoms with van der Waals surface area (Å²) >= 11 is 5.82. The van der Waals surface area contributed by atoms with Crippen molar-refractivity contribution in [1.29, 1.82) is 0 Å². The molecule has 0 radical (unpaired) electrons. The summed E-state index contributed by atoms with van der Waals surface area (Å²) in [6, 6.07) is 9.94. The zero-order valence-corrected chi connectivity index (χ0v) is 11.0. The molecule has 0 saturated heterocycles. The highest BCUT2D eigenvalue weighted by molar-refractivity contribution is 6.32. The number of ether oxygens (including phenoxy) is 1. The van der Waals surface area contributed by atoms with Crippen molar-refractivity contribution in [2.24, 2.45) is 5.73 Å².